The van der Waals surface area contributed by atoms with Gasteiger partial charge in [-0.15, -0.1) is 0 Å². The average Bonchev–Trinajstić information content (AvgIpc) is 2.97. The summed E-state index contributed by atoms with van der Waals surface area (Å²) in [7, 11) is 0. The highest BCUT2D eigenvalue weighted by Crippen LogP contribution is 2.43. The fourth-order valence-electron chi connectivity index (χ4n) is 4.48. The van der Waals surface area contributed by atoms with E-state index in [0.29, 0.717) is 24.4 Å². The molecule has 7 nitrogen and oxygen atoms in total. The van der Waals surface area contributed by atoms with Gasteiger partial charge in [0.25, 0.3) is 11.6 Å². The van der Waals surface area contributed by atoms with E-state index in [1.54, 1.807) is 17.0 Å². The quantitative estimate of drug-likeness (QED) is 0.463. The molecule has 1 unspecified atom stereocenters. The normalized spacial score (nSPS) is 20.2. The number of hydrogen-bond acceptors (Lipinski definition) is 5. The molecule has 0 bridgehead atoms. The minimum Gasteiger partial charge on any atom is -0.299 e. The number of anilines is 1. The number of hydrogen-bond donors (Lipinski definition) is 0. The molecular weight excluding hydrogens is 404 g/mol. The van der Waals surface area contributed by atoms with Gasteiger partial charge in [-0.3, -0.25) is 29.8 Å². The number of benzene rings is 3. The topological polar surface area (TPSA) is 88.2 Å². The fraction of sp³-hybridized carbons (Fsp3) is 0.160. The van der Waals surface area contributed by atoms with Crippen molar-refractivity contribution in [3.63, 3.8) is 0 Å². The molecule has 0 spiro atoms. The number of nitro groups is 1. The number of nitrogens with zero attached hydrogens (tertiary/aromatic N) is 4. The molecule has 5 rings (SSSR count). The van der Waals surface area contributed by atoms with Gasteiger partial charge in [0.15, 0.2) is 0 Å². The van der Waals surface area contributed by atoms with E-state index in [9.17, 15) is 14.9 Å². The van der Waals surface area contributed by atoms with E-state index in [1.807, 2.05) is 66.7 Å². The summed E-state index contributed by atoms with van der Waals surface area (Å²) in [4.78, 5) is 35.9. The molecule has 32 heavy (non-hydrogen) atoms. The van der Waals surface area contributed by atoms with Gasteiger partial charge in [0.05, 0.1) is 35.7 Å². The second-order valence-electron chi connectivity index (χ2n) is 7.69. The fourth-order valence-corrected chi connectivity index (χ4v) is 4.48. The smallest absolute Gasteiger partial charge is 0.273 e. The number of nitro benzene ring substituents is 1. The van der Waals surface area contributed by atoms with Crippen molar-refractivity contribution in [2.45, 2.75) is 6.04 Å². The van der Waals surface area contributed by atoms with Crippen molar-refractivity contribution in [2.24, 2.45) is 15.9 Å². The first kappa shape index (κ1) is 19.8. The Morgan fingerprint density at radius 3 is 2.19 bits per heavy atom. The van der Waals surface area contributed by atoms with Crippen LogP contribution in [0.3, 0.4) is 0 Å². The van der Waals surface area contributed by atoms with Crippen molar-refractivity contribution in [1.29, 1.82) is 0 Å². The van der Waals surface area contributed by atoms with Crippen LogP contribution in [0, 0.1) is 16.0 Å². The zero-order chi connectivity index (χ0) is 22.1. The SMILES string of the molecule is O=C1C2=NCCN=C(c3ccccc3)C2[C@@H](c2cccc([N+](=O)[O-])c2)N1c1ccccc1. The van der Waals surface area contributed by atoms with Crippen LogP contribution in [0.2, 0.25) is 0 Å². The van der Waals surface area contributed by atoms with Crippen LogP contribution in [0.5, 0.6) is 0 Å². The lowest BCUT2D eigenvalue weighted by Gasteiger charge is -2.28. The predicted octanol–water partition coefficient (Wildman–Crippen LogP) is 4.24. The van der Waals surface area contributed by atoms with Gasteiger partial charge in [-0.05, 0) is 23.3 Å². The molecule has 7 heteroatoms. The van der Waals surface area contributed by atoms with E-state index in [0.717, 1.165) is 17.0 Å². The number of aliphatic imine (C=N–C) groups is 2. The molecule has 3 aromatic rings. The zero-order valence-corrected chi connectivity index (χ0v) is 17.2. The highest BCUT2D eigenvalue weighted by molar-refractivity contribution is 6.51. The Balaban J connectivity index is 1.73. The molecule has 3 aromatic carbocycles. The Hall–Kier alpha value is -4.13. The maximum absolute atomic E-state index is 13.7. The van der Waals surface area contributed by atoms with Crippen molar-refractivity contribution < 1.29 is 9.72 Å². The first-order valence-corrected chi connectivity index (χ1v) is 10.4. The van der Waals surface area contributed by atoms with Crippen molar-refractivity contribution >= 4 is 28.7 Å². The Labute approximate surface area is 184 Å². The number of fused-ring (bicyclic) bond motifs is 1. The molecule has 1 saturated heterocycles. The number of para-hydroxylation sites is 1. The molecule has 2 atom stereocenters. The monoisotopic (exact) mass is 424 g/mol. The third-order valence-corrected chi connectivity index (χ3v) is 5.81. The molecule has 2 heterocycles. The second kappa shape index (κ2) is 8.19. The van der Waals surface area contributed by atoms with Crippen LogP contribution in [-0.4, -0.2) is 35.3 Å². The van der Waals surface area contributed by atoms with E-state index in [1.165, 1.54) is 6.07 Å². The van der Waals surface area contributed by atoms with Gasteiger partial charge in [-0.1, -0.05) is 60.7 Å². The lowest BCUT2D eigenvalue weighted by atomic mass is 9.85. The van der Waals surface area contributed by atoms with Crippen molar-refractivity contribution in [3.05, 3.63) is 106 Å². The lowest BCUT2D eigenvalue weighted by molar-refractivity contribution is -0.384. The largest absolute Gasteiger partial charge is 0.299 e. The third kappa shape index (κ3) is 3.37. The molecular formula is C25H20N4O3. The Morgan fingerprint density at radius 2 is 1.50 bits per heavy atom. The highest BCUT2D eigenvalue weighted by atomic mass is 16.6. The van der Waals surface area contributed by atoms with E-state index in [2.05, 4.69) is 4.99 Å². The third-order valence-electron chi connectivity index (χ3n) is 5.81. The van der Waals surface area contributed by atoms with Crippen LogP contribution >= 0.6 is 0 Å². The summed E-state index contributed by atoms with van der Waals surface area (Å²) in [5.41, 5.74) is 3.54. The van der Waals surface area contributed by atoms with Gasteiger partial charge in [0.2, 0.25) is 0 Å². The van der Waals surface area contributed by atoms with Crippen LogP contribution < -0.4 is 4.90 Å². The summed E-state index contributed by atoms with van der Waals surface area (Å²) in [5, 5.41) is 11.5. The van der Waals surface area contributed by atoms with Crippen LogP contribution in [0.4, 0.5) is 11.4 Å². The second-order valence-corrected chi connectivity index (χ2v) is 7.69. The molecule has 158 valence electrons. The van der Waals surface area contributed by atoms with E-state index in [-0.39, 0.29) is 11.6 Å². The number of non-ortho nitro benzene ring substituents is 1. The Morgan fingerprint density at radius 1 is 0.844 bits per heavy atom. The predicted molar refractivity (Wildman–Crippen MR) is 123 cm³/mol. The van der Waals surface area contributed by atoms with Crippen molar-refractivity contribution in [1.82, 2.24) is 0 Å². The van der Waals surface area contributed by atoms with E-state index >= 15 is 0 Å². The van der Waals surface area contributed by atoms with Crippen LogP contribution in [0.15, 0.2) is 94.9 Å². The molecule has 0 aliphatic carbocycles. The molecule has 0 radical (unpaired) electrons. The van der Waals surface area contributed by atoms with E-state index < -0.39 is 16.9 Å². The minimum atomic E-state index is -0.499. The molecule has 1 fully saturated rings. The summed E-state index contributed by atoms with van der Waals surface area (Å²) in [5.74, 6) is -0.627. The molecule has 0 N–H and O–H groups in total. The van der Waals surface area contributed by atoms with Gasteiger partial charge >= 0.3 is 0 Å². The van der Waals surface area contributed by atoms with Crippen LogP contribution in [0.25, 0.3) is 0 Å². The Bertz CT molecular complexity index is 1240. The lowest BCUT2D eigenvalue weighted by Crippen LogP contribution is -2.31. The Kier molecular flexibility index (Phi) is 5.07. The first-order chi connectivity index (χ1) is 15.6. The number of carbonyl (C=O) groups is 1. The number of rotatable bonds is 4. The van der Waals surface area contributed by atoms with Gasteiger partial charge in [0, 0.05) is 17.8 Å². The van der Waals surface area contributed by atoms with Gasteiger partial charge in [-0.2, -0.15) is 0 Å². The summed E-state index contributed by atoms with van der Waals surface area (Å²) >= 11 is 0. The summed E-state index contributed by atoms with van der Waals surface area (Å²) in [6, 6.07) is 25.1. The molecule has 0 aromatic heterocycles. The maximum atomic E-state index is 13.7. The van der Waals surface area contributed by atoms with Crippen molar-refractivity contribution in [3.8, 4) is 0 Å². The average molecular weight is 424 g/mol. The van der Waals surface area contributed by atoms with Crippen LogP contribution in [-0.2, 0) is 4.79 Å². The molecule has 0 saturated carbocycles. The van der Waals surface area contributed by atoms with Crippen molar-refractivity contribution in [2.75, 3.05) is 18.0 Å². The van der Waals surface area contributed by atoms with Gasteiger partial charge < -0.3 is 0 Å². The zero-order valence-electron chi connectivity index (χ0n) is 17.2. The maximum Gasteiger partial charge on any atom is 0.273 e. The van der Waals surface area contributed by atoms with Gasteiger partial charge in [-0.25, -0.2) is 0 Å². The van der Waals surface area contributed by atoms with Crippen LogP contribution in [0.1, 0.15) is 17.2 Å². The number of amides is 1. The summed E-state index contributed by atoms with van der Waals surface area (Å²) in [6.07, 6.45) is 0. The van der Waals surface area contributed by atoms with E-state index in [4.69, 9.17) is 4.99 Å². The molecule has 1 amide bonds. The van der Waals surface area contributed by atoms with Gasteiger partial charge in [0.1, 0.15) is 5.71 Å². The summed E-state index contributed by atoms with van der Waals surface area (Å²) < 4.78 is 0. The highest BCUT2D eigenvalue weighted by Gasteiger charge is 2.50. The minimum absolute atomic E-state index is 0.0137. The molecule has 2 aliphatic heterocycles. The number of carbonyl (C=O) groups excluding carboxylic acids is 1. The first-order valence-electron chi connectivity index (χ1n) is 10.4. The molecule has 2 aliphatic rings. The summed E-state index contributed by atoms with van der Waals surface area (Å²) in [6.45, 7) is 0.919. The standard InChI is InChI=1S/C25H20N4O3/c30-25-23-21(22(26-14-15-27-23)17-8-3-1-4-9-17)24(28(25)19-11-5-2-6-12-19)18-10-7-13-20(16-18)29(31)32/h1-13,16,21,24H,14-15H2/t21?,24-/m1/s1.